The normalized spacial score (nSPS) is 12.2. The molecule has 0 fully saturated rings. The van der Waals surface area contributed by atoms with Crippen molar-refractivity contribution in [3.8, 4) is 11.3 Å². The molecule has 1 unspecified atom stereocenters. The fraction of sp³-hybridized carbons (Fsp3) is 0.158. The zero-order valence-corrected chi connectivity index (χ0v) is 16.0. The van der Waals surface area contributed by atoms with Gasteiger partial charge in [-0.2, -0.15) is 0 Å². The van der Waals surface area contributed by atoms with Crippen LogP contribution in [0.1, 0.15) is 17.3 Å². The van der Waals surface area contributed by atoms with Gasteiger partial charge in [-0.1, -0.05) is 53.0 Å². The Bertz CT molecular complexity index is 990. The Morgan fingerprint density at radius 1 is 1.15 bits per heavy atom. The average Bonchev–Trinajstić information content (AvgIpc) is 2.63. The molecule has 0 radical (unpaired) electrons. The summed E-state index contributed by atoms with van der Waals surface area (Å²) < 4.78 is 0. The molecule has 1 aromatic heterocycles. The number of nitrogens with one attached hydrogen (secondary N) is 1. The highest BCUT2D eigenvalue weighted by atomic mass is 35.5. The minimum Gasteiger partial charge on any atom is -0.392 e. The van der Waals surface area contributed by atoms with E-state index in [1.54, 1.807) is 25.1 Å². The van der Waals surface area contributed by atoms with E-state index >= 15 is 0 Å². The number of fused-ring (bicyclic) bond motifs is 1. The van der Waals surface area contributed by atoms with E-state index in [9.17, 15) is 9.90 Å². The first-order valence-corrected chi connectivity index (χ1v) is 9.01. The van der Waals surface area contributed by atoms with E-state index in [4.69, 9.17) is 34.8 Å². The molecule has 1 heterocycles. The quantitative estimate of drug-likeness (QED) is 0.598. The molecule has 0 aliphatic rings. The van der Waals surface area contributed by atoms with Crippen LogP contribution in [0, 0.1) is 0 Å². The molecule has 3 aromatic rings. The maximum atomic E-state index is 12.6. The molecule has 0 aliphatic heterocycles. The second-order valence-corrected chi connectivity index (χ2v) is 7.02. The molecule has 26 heavy (non-hydrogen) atoms. The van der Waals surface area contributed by atoms with E-state index in [2.05, 4.69) is 10.3 Å². The van der Waals surface area contributed by atoms with E-state index < -0.39 is 6.10 Å². The van der Waals surface area contributed by atoms with Crippen molar-refractivity contribution in [1.29, 1.82) is 0 Å². The predicted octanol–water partition coefficient (Wildman–Crippen LogP) is 4.97. The van der Waals surface area contributed by atoms with Gasteiger partial charge in [0.2, 0.25) is 0 Å². The number of benzene rings is 2. The summed E-state index contributed by atoms with van der Waals surface area (Å²) in [6, 6.07) is 12.3. The SMILES string of the molecule is CC(O)CNC(=O)c1cc(-c2ccc(Cl)c(Cl)c2Cl)nc2ccccc12. The Labute approximate surface area is 165 Å². The molecule has 0 saturated heterocycles. The summed E-state index contributed by atoms with van der Waals surface area (Å²) in [5, 5.41) is 13.7. The van der Waals surface area contributed by atoms with Crippen LogP contribution in [0.5, 0.6) is 0 Å². The van der Waals surface area contributed by atoms with Gasteiger partial charge in [0.15, 0.2) is 0 Å². The summed E-state index contributed by atoms with van der Waals surface area (Å²) in [4.78, 5) is 17.2. The number of carbonyl (C=O) groups excluding carboxylic acids is 1. The standard InChI is InChI=1S/C19H15Cl3N2O2/c1-10(25)9-23-19(26)13-8-16(24-15-5-3-2-4-11(13)15)12-6-7-14(20)18(22)17(12)21/h2-8,10,25H,9H2,1H3,(H,23,26). The number of aliphatic hydroxyl groups excluding tert-OH is 1. The summed E-state index contributed by atoms with van der Waals surface area (Å²) in [6.45, 7) is 1.75. The van der Waals surface area contributed by atoms with Crippen molar-refractivity contribution < 1.29 is 9.90 Å². The molecular formula is C19H15Cl3N2O2. The van der Waals surface area contributed by atoms with E-state index in [0.29, 0.717) is 32.7 Å². The van der Waals surface area contributed by atoms with Crippen molar-refractivity contribution in [3.05, 3.63) is 63.1 Å². The van der Waals surface area contributed by atoms with E-state index in [1.165, 1.54) is 0 Å². The predicted molar refractivity (Wildman–Crippen MR) is 106 cm³/mol. The minimum atomic E-state index is -0.643. The van der Waals surface area contributed by atoms with Crippen LogP contribution in [0.3, 0.4) is 0 Å². The van der Waals surface area contributed by atoms with Crippen LogP contribution in [-0.4, -0.2) is 28.6 Å². The van der Waals surface area contributed by atoms with E-state index in [1.807, 2.05) is 24.3 Å². The molecule has 0 saturated carbocycles. The third kappa shape index (κ3) is 3.79. The number of hydrogen-bond acceptors (Lipinski definition) is 3. The van der Waals surface area contributed by atoms with Crippen molar-refractivity contribution in [1.82, 2.24) is 10.3 Å². The van der Waals surface area contributed by atoms with Gasteiger partial charge in [-0.3, -0.25) is 4.79 Å². The second-order valence-electron chi connectivity index (χ2n) is 5.85. The van der Waals surface area contributed by atoms with Gasteiger partial charge < -0.3 is 10.4 Å². The summed E-state index contributed by atoms with van der Waals surface area (Å²) in [6.07, 6.45) is -0.643. The monoisotopic (exact) mass is 408 g/mol. The number of pyridine rings is 1. The Morgan fingerprint density at radius 3 is 2.62 bits per heavy atom. The smallest absolute Gasteiger partial charge is 0.252 e. The molecule has 0 bridgehead atoms. The molecule has 2 aromatic carbocycles. The molecule has 3 rings (SSSR count). The van der Waals surface area contributed by atoms with Gasteiger partial charge in [-0.05, 0) is 31.2 Å². The number of aromatic nitrogens is 1. The van der Waals surface area contributed by atoms with E-state index in [-0.39, 0.29) is 22.5 Å². The lowest BCUT2D eigenvalue weighted by Crippen LogP contribution is -2.30. The fourth-order valence-corrected chi connectivity index (χ4v) is 3.19. The number of aliphatic hydroxyl groups is 1. The highest BCUT2D eigenvalue weighted by Crippen LogP contribution is 2.38. The number of carbonyl (C=O) groups is 1. The number of para-hydroxylation sites is 1. The first kappa shape index (κ1) is 18.9. The van der Waals surface area contributed by atoms with Crippen molar-refractivity contribution >= 4 is 51.6 Å². The van der Waals surface area contributed by atoms with Crippen LogP contribution in [0.25, 0.3) is 22.2 Å². The lowest BCUT2D eigenvalue weighted by atomic mass is 10.0. The second kappa shape index (κ2) is 7.80. The number of amides is 1. The van der Waals surface area contributed by atoms with E-state index in [0.717, 1.165) is 0 Å². The third-order valence-electron chi connectivity index (χ3n) is 3.83. The molecule has 2 N–H and O–H groups in total. The molecule has 0 spiro atoms. The largest absolute Gasteiger partial charge is 0.392 e. The Balaban J connectivity index is 2.17. The van der Waals surface area contributed by atoms with Gasteiger partial charge in [0.1, 0.15) is 0 Å². The molecular weight excluding hydrogens is 395 g/mol. The zero-order valence-electron chi connectivity index (χ0n) is 13.8. The van der Waals surface area contributed by atoms with Crippen molar-refractivity contribution in [2.45, 2.75) is 13.0 Å². The lowest BCUT2D eigenvalue weighted by molar-refractivity contribution is 0.0925. The van der Waals surface area contributed by atoms with Crippen molar-refractivity contribution in [2.75, 3.05) is 6.54 Å². The van der Waals surface area contributed by atoms with Gasteiger partial charge in [-0.15, -0.1) is 0 Å². The van der Waals surface area contributed by atoms with Crippen LogP contribution in [0.15, 0.2) is 42.5 Å². The first-order valence-electron chi connectivity index (χ1n) is 7.88. The molecule has 134 valence electrons. The first-order chi connectivity index (χ1) is 12.4. The van der Waals surface area contributed by atoms with Crippen LogP contribution >= 0.6 is 34.8 Å². The lowest BCUT2D eigenvalue weighted by Gasteiger charge is -2.13. The topological polar surface area (TPSA) is 62.2 Å². The van der Waals surface area contributed by atoms with Gasteiger partial charge >= 0.3 is 0 Å². The number of halogens is 3. The number of nitrogens with zero attached hydrogens (tertiary/aromatic N) is 1. The minimum absolute atomic E-state index is 0.151. The summed E-state index contributed by atoms with van der Waals surface area (Å²) >= 11 is 18.5. The zero-order chi connectivity index (χ0) is 18.8. The van der Waals surface area contributed by atoms with Crippen LogP contribution < -0.4 is 5.32 Å². The molecule has 1 amide bonds. The highest BCUT2D eigenvalue weighted by molar-refractivity contribution is 6.49. The van der Waals surface area contributed by atoms with Crippen molar-refractivity contribution in [2.24, 2.45) is 0 Å². The average molecular weight is 410 g/mol. The van der Waals surface area contributed by atoms with Gasteiger partial charge in [-0.25, -0.2) is 4.98 Å². The summed E-state index contributed by atoms with van der Waals surface area (Å²) in [7, 11) is 0. The highest BCUT2D eigenvalue weighted by Gasteiger charge is 2.17. The molecule has 4 nitrogen and oxygen atoms in total. The van der Waals surface area contributed by atoms with Gasteiger partial charge in [0.25, 0.3) is 5.91 Å². The fourth-order valence-electron chi connectivity index (χ4n) is 2.56. The van der Waals surface area contributed by atoms with Gasteiger partial charge in [0.05, 0.1) is 37.9 Å². The Kier molecular flexibility index (Phi) is 5.68. The van der Waals surface area contributed by atoms with Crippen LogP contribution in [-0.2, 0) is 0 Å². The molecule has 7 heteroatoms. The Morgan fingerprint density at radius 2 is 1.88 bits per heavy atom. The maximum Gasteiger partial charge on any atom is 0.252 e. The van der Waals surface area contributed by atoms with Crippen molar-refractivity contribution in [3.63, 3.8) is 0 Å². The number of hydrogen-bond donors (Lipinski definition) is 2. The molecule has 0 aliphatic carbocycles. The number of rotatable bonds is 4. The summed E-state index contributed by atoms with van der Waals surface area (Å²) in [5.74, 6) is -0.304. The van der Waals surface area contributed by atoms with Gasteiger partial charge in [0, 0.05) is 17.5 Å². The maximum absolute atomic E-state index is 12.6. The van der Waals surface area contributed by atoms with Crippen LogP contribution in [0.4, 0.5) is 0 Å². The van der Waals surface area contributed by atoms with Crippen LogP contribution in [0.2, 0.25) is 15.1 Å². The Hall–Kier alpha value is -1.85. The third-order valence-corrected chi connectivity index (χ3v) is 5.12. The molecule has 1 atom stereocenters. The summed E-state index contributed by atoms with van der Waals surface area (Å²) in [5.41, 5.74) is 2.17.